The SMILES string of the molecule is Cc1cc(-c2cc(-c3ccccc3C)nc(-c3ccccc3C)n2)c(C)cc1-c1ccc(-c2ccc(-n3c4ccc(N(c5ccccc5)c5ccccc5)cc4c4cc(N(c5ccccc5)c5ccccc5)ccc43)cc2)cc1. The molecule has 2 heterocycles. The summed E-state index contributed by atoms with van der Waals surface area (Å²) in [5, 5.41) is 2.34. The van der Waals surface area contributed by atoms with Crippen LogP contribution in [-0.4, -0.2) is 14.5 Å². The highest BCUT2D eigenvalue weighted by Crippen LogP contribution is 2.44. The van der Waals surface area contributed by atoms with Crippen LogP contribution in [-0.2, 0) is 0 Å². The van der Waals surface area contributed by atoms with Crippen molar-refractivity contribution in [3.63, 3.8) is 0 Å². The molecule has 13 aromatic rings. The molecule has 13 rings (SSSR count). The van der Waals surface area contributed by atoms with E-state index < -0.39 is 0 Å². The maximum absolute atomic E-state index is 5.24. The largest absolute Gasteiger partial charge is 0.310 e. The van der Waals surface area contributed by atoms with E-state index in [9.17, 15) is 0 Å². The third kappa shape index (κ3) is 9.32. The molecule has 0 bridgehead atoms. The average molecular weight is 1020 g/mol. The van der Waals surface area contributed by atoms with Crippen LogP contribution in [0.5, 0.6) is 0 Å². The van der Waals surface area contributed by atoms with E-state index in [0.717, 1.165) is 107 Å². The number of anilines is 6. The Morgan fingerprint density at radius 1 is 0.278 bits per heavy atom. The van der Waals surface area contributed by atoms with Gasteiger partial charge in [-0.05, 0) is 181 Å². The molecule has 0 fully saturated rings. The molecule has 0 spiro atoms. The van der Waals surface area contributed by atoms with Crippen LogP contribution >= 0.6 is 0 Å². The molecule has 11 aromatic carbocycles. The van der Waals surface area contributed by atoms with Crippen molar-refractivity contribution in [3.8, 4) is 61.8 Å². The molecule has 0 atom stereocenters. The molecular formula is C74H57N5. The van der Waals surface area contributed by atoms with E-state index >= 15 is 0 Å². The second-order valence-electron chi connectivity index (χ2n) is 20.4. The molecular weight excluding hydrogens is 959 g/mol. The van der Waals surface area contributed by atoms with Gasteiger partial charge in [-0.25, -0.2) is 9.97 Å². The smallest absolute Gasteiger partial charge is 0.160 e. The summed E-state index contributed by atoms with van der Waals surface area (Å²) in [6.07, 6.45) is 0. The Morgan fingerprint density at radius 3 is 1.13 bits per heavy atom. The van der Waals surface area contributed by atoms with Gasteiger partial charge in [0.25, 0.3) is 0 Å². The third-order valence-corrected chi connectivity index (χ3v) is 15.3. The number of rotatable bonds is 12. The first-order chi connectivity index (χ1) is 38.8. The monoisotopic (exact) mass is 1020 g/mol. The van der Waals surface area contributed by atoms with Crippen LogP contribution in [0.1, 0.15) is 22.3 Å². The first-order valence-electron chi connectivity index (χ1n) is 27.1. The fourth-order valence-corrected chi connectivity index (χ4v) is 11.3. The van der Waals surface area contributed by atoms with Gasteiger partial charge < -0.3 is 14.4 Å². The number of benzene rings is 11. The summed E-state index contributed by atoms with van der Waals surface area (Å²) in [7, 11) is 0. The van der Waals surface area contributed by atoms with Crippen LogP contribution in [0.4, 0.5) is 34.1 Å². The Bertz CT molecular complexity index is 4040. The molecule has 5 nitrogen and oxygen atoms in total. The number of hydrogen-bond acceptors (Lipinski definition) is 4. The fourth-order valence-electron chi connectivity index (χ4n) is 11.3. The van der Waals surface area contributed by atoms with Gasteiger partial charge in [-0.3, -0.25) is 0 Å². The topological polar surface area (TPSA) is 37.2 Å². The Labute approximate surface area is 462 Å². The summed E-state index contributed by atoms with van der Waals surface area (Å²) in [6.45, 7) is 8.67. The predicted octanol–water partition coefficient (Wildman–Crippen LogP) is 20.1. The maximum atomic E-state index is 5.24. The standard InChI is InChI=1S/C74H57N5/c1-50-21-17-19-31-64(50)70-49-71(76-74(75-70)65-32-20-18-22-51(65)2)67-46-52(3)66(45-53(67)4)56-35-33-54(34-36-56)55-37-39-61(40-38-55)79-72-43-41-62(77(57-23-9-5-10-24-57)58-25-11-6-12-26-58)47-68(72)69-48-63(42-44-73(69)79)78(59-27-13-7-14-28-59)60-29-15-8-16-30-60/h5-49H,1-4H3. The minimum absolute atomic E-state index is 0.737. The Morgan fingerprint density at radius 2 is 0.658 bits per heavy atom. The molecule has 0 N–H and O–H groups in total. The van der Waals surface area contributed by atoms with Crippen molar-refractivity contribution >= 4 is 55.9 Å². The molecule has 0 unspecified atom stereocenters. The first-order valence-corrected chi connectivity index (χ1v) is 27.1. The van der Waals surface area contributed by atoms with Crippen LogP contribution < -0.4 is 9.80 Å². The molecule has 0 aliphatic carbocycles. The minimum Gasteiger partial charge on any atom is -0.310 e. The van der Waals surface area contributed by atoms with Crippen molar-refractivity contribution in [2.75, 3.05) is 9.80 Å². The lowest BCUT2D eigenvalue weighted by Gasteiger charge is -2.26. The summed E-state index contributed by atoms with van der Waals surface area (Å²) in [5.41, 5.74) is 24.4. The molecule has 0 aliphatic heterocycles. The number of nitrogens with zero attached hydrogens (tertiary/aromatic N) is 5. The van der Waals surface area contributed by atoms with Crippen molar-refractivity contribution in [2.24, 2.45) is 0 Å². The Kier molecular flexibility index (Phi) is 12.8. The van der Waals surface area contributed by atoms with E-state index in [1.54, 1.807) is 0 Å². The van der Waals surface area contributed by atoms with E-state index in [0.29, 0.717) is 0 Å². The molecule has 2 aromatic heterocycles. The van der Waals surface area contributed by atoms with Gasteiger partial charge in [0.2, 0.25) is 0 Å². The fraction of sp³-hybridized carbons (Fsp3) is 0.0541. The number of aryl methyl sites for hydroxylation is 4. The highest BCUT2D eigenvalue weighted by Gasteiger charge is 2.21. The van der Waals surface area contributed by atoms with Crippen molar-refractivity contribution in [2.45, 2.75) is 27.7 Å². The van der Waals surface area contributed by atoms with Gasteiger partial charge in [-0.15, -0.1) is 0 Å². The molecule has 0 aliphatic rings. The minimum atomic E-state index is 0.737. The van der Waals surface area contributed by atoms with Gasteiger partial charge in [0.15, 0.2) is 5.82 Å². The highest BCUT2D eigenvalue weighted by atomic mass is 15.1. The van der Waals surface area contributed by atoms with Gasteiger partial charge in [-0.2, -0.15) is 0 Å². The van der Waals surface area contributed by atoms with E-state index in [1.165, 1.54) is 33.0 Å². The van der Waals surface area contributed by atoms with Crippen LogP contribution in [0.3, 0.4) is 0 Å². The number of aromatic nitrogens is 3. The summed E-state index contributed by atoms with van der Waals surface area (Å²) in [6, 6.07) is 98.0. The third-order valence-electron chi connectivity index (χ3n) is 15.3. The van der Waals surface area contributed by atoms with Crippen molar-refractivity contribution in [3.05, 3.63) is 295 Å². The maximum Gasteiger partial charge on any atom is 0.160 e. The molecule has 378 valence electrons. The normalized spacial score (nSPS) is 11.3. The first kappa shape index (κ1) is 48.5. The Balaban J connectivity index is 0.860. The lowest BCUT2D eigenvalue weighted by atomic mass is 9.92. The predicted molar refractivity (Wildman–Crippen MR) is 332 cm³/mol. The summed E-state index contributed by atoms with van der Waals surface area (Å²) in [5.74, 6) is 0.737. The van der Waals surface area contributed by atoms with Gasteiger partial charge in [-0.1, -0.05) is 164 Å². The quantitative estimate of drug-likeness (QED) is 0.122. The number of hydrogen-bond donors (Lipinski definition) is 0. The van der Waals surface area contributed by atoms with E-state index in [-0.39, 0.29) is 0 Å². The molecule has 0 saturated carbocycles. The molecule has 0 amide bonds. The molecule has 5 heteroatoms. The molecule has 79 heavy (non-hydrogen) atoms. The second-order valence-corrected chi connectivity index (χ2v) is 20.4. The number of para-hydroxylation sites is 4. The van der Waals surface area contributed by atoms with E-state index in [4.69, 9.17) is 9.97 Å². The van der Waals surface area contributed by atoms with Gasteiger partial charge in [0, 0.05) is 67.3 Å². The average Bonchev–Trinajstić information content (AvgIpc) is 4.05. The summed E-state index contributed by atoms with van der Waals surface area (Å²) >= 11 is 0. The van der Waals surface area contributed by atoms with Crippen LogP contribution in [0.15, 0.2) is 273 Å². The van der Waals surface area contributed by atoms with Crippen molar-refractivity contribution < 1.29 is 0 Å². The Hall–Kier alpha value is -10.1. The number of fused-ring (bicyclic) bond motifs is 3. The lowest BCUT2D eigenvalue weighted by Crippen LogP contribution is -2.09. The van der Waals surface area contributed by atoms with Crippen molar-refractivity contribution in [1.82, 2.24) is 14.5 Å². The van der Waals surface area contributed by atoms with Gasteiger partial charge in [0.05, 0.1) is 22.4 Å². The van der Waals surface area contributed by atoms with Crippen LogP contribution in [0, 0.1) is 27.7 Å². The van der Waals surface area contributed by atoms with Crippen LogP contribution in [0.25, 0.3) is 83.6 Å². The summed E-state index contributed by atoms with van der Waals surface area (Å²) in [4.78, 5) is 15.1. The molecule has 0 radical (unpaired) electrons. The lowest BCUT2D eigenvalue weighted by molar-refractivity contribution is 1.17. The zero-order valence-corrected chi connectivity index (χ0v) is 44.7. The van der Waals surface area contributed by atoms with E-state index in [1.807, 2.05) is 0 Å². The zero-order valence-electron chi connectivity index (χ0n) is 44.7. The van der Waals surface area contributed by atoms with E-state index in [2.05, 4.69) is 315 Å². The van der Waals surface area contributed by atoms with Crippen molar-refractivity contribution in [1.29, 1.82) is 0 Å². The summed E-state index contributed by atoms with van der Waals surface area (Å²) < 4.78 is 2.42. The van der Waals surface area contributed by atoms with Crippen LogP contribution in [0.2, 0.25) is 0 Å². The van der Waals surface area contributed by atoms with Gasteiger partial charge in [0.1, 0.15) is 0 Å². The zero-order chi connectivity index (χ0) is 53.4. The van der Waals surface area contributed by atoms with Gasteiger partial charge >= 0.3 is 0 Å². The second kappa shape index (κ2) is 20.8. The molecule has 0 saturated heterocycles. The highest BCUT2D eigenvalue weighted by molar-refractivity contribution is 6.12.